The molecule has 0 aromatic heterocycles. The second kappa shape index (κ2) is 9.70. The Balaban J connectivity index is 1.33. The molecule has 2 unspecified atom stereocenters. The highest BCUT2D eigenvalue weighted by molar-refractivity contribution is 5.94. The Labute approximate surface area is 195 Å². The summed E-state index contributed by atoms with van der Waals surface area (Å²) in [6.45, 7) is 4.07. The topological polar surface area (TPSA) is 38.3 Å². The molecule has 0 radical (unpaired) electrons. The Kier molecular flexibility index (Phi) is 6.34. The van der Waals surface area contributed by atoms with E-state index < -0.39 is 0 Å². The van der Waals surface area contributed by atoms with Gasteiger partial charge in [0.2, 0.25) is 0 Å². The van der Waals surface area contributed by atoms with E-state index in [1.54, 1.807) is 6.92 Å². The number of piperidine rings is 1. The van der Waals surface area contributed by atoms with Crippen LogP contribution in [-0.2, 0) is 11.3 Å². The molecule has 1 aliphatic rings. The average molecular weight is 436 g/mol. The van der Waals surface area contributed by atoms with Crippen molar-refractivity contribution in [1.29, 1.82) is 0 Å². The van der Waals surface area contributed by atoms with Crippen LogP contribution >= 0.6 is 0 Å². The molecule has 1 fully saturated rings. The number of Topliss-reactive ketones (excluding diaryl/α,β-unsaturated/α-hetero) is 1. The fourth-order valence-electron chi connectivity index (χ4n) is 4.76. The molecule has 0 amide bonds. The van der Waals surface area contributed by atoms with Gasteiger partial charge in [-0.2, -0.15) is 0 Å². The quantitative estimate of drug-likeness (QED) is 0.358. The molecule has 166 valence electrons. The van der Waals surface area contributed by atoms with E-state index in [-0.39, 0.29) is 11.9 Å². The van der Waals surface area contributed by atoms with E-state index in [1.807, 2.05) is 24.3 Å². The zero-order valence-electron chi connectivity index (χ0n) is 19.0. The second-order valence-electron chi connectivity index (χ2n) is 8.89. The summed E-state index contributed by atoms with van der Waals surface area (Å²) in [5.74, 6) is 0.444. The van der Waals surface area contributed by atoms with Crippen LogP contribution in [0.4, 0.5) is 0 Å². The first-order valence-corrected chi connectivity index (χ1v) is 11.7. The third kappa shape index (κ3) is 4.90. The molecule has 1 heterocycles. The van der Waals surface area contributed by atoms with E-state index in [1.165, 1.54) is 27.5 Å². The van der Waals surface area contributed by atoms with Crippen molar-refractivity contribution in [2.75, 3.05) is 13.1 Å². The molecule has 4 aromatic carbocycles. The molecular weight excluding hydrogens is 406 g/mol. The Bertz CT molecular complexity index is 1260. The lowest BCUT2D eigenvalue weighted by Crippen LogP contribution is -2.41. The SMILES string of the molecule is CC(=O)c1ccc(-c2cccc(C3CCNCC3OCc3ccc4ccccc4c3)c2)cc1. The fourth-order valence-corrected chi connectivity index (χ4v) is 4.76. The molecule has 2 atom stereocenters. The number of ether oxygens (including phenoxy) is 1. The summed E-state index contributed by atoms with van der Waals surface area (Å²) >= 11 is 0. The van der Waals surface area contributed by atoms with Crippen LogP contribution in [0, 0.1) is 0 Å². The molecular formula is C30H29NO2. The van der Waals surface area contributed by atoms with E-state index in [9.17, 15) is 4.79 Å². The number of fused-ring (bicyclic) bond motifs is 1. The van der Waals surface area contributed by atoms with Gasteiger partial charge in [0.1, 0.15) is 0 Å². The third-order valence-electron chi connectivity index (χ3n) is 6.64. The molecule has 0 saturated carbocycles. The monoisotopic (exact) mass is 435 g/mol. The fraction of sp³-hybridized carbons (Fsp3) is 0.233. The number of rotatable bonds is 6. The van der Waals surface area contributed by atoms with Gasteiger partial charge in [0, 0.05) is 18.0 Å². The van der Waals surface area contributed by atoms with Gasteiger partial charge in [0.05, 0.1) is 12.7 Å². The standard InChI is InChI=1S/C30H29NO2/c1-21(32)23-11-13-25(14-12-23)27-7-4-8-28(18-27)29-15-16-31-19-30(29)33-20-22-9-10-24-5-2-3-6-26(24)17-22/h2-14,17-18,29-31H,15-16,19-20H2,1H3. The van der Waals surface area contributed by atoms with Crippen LogP contribution in [0.25, 0.3) is 21.9 Å². The van der Waals surface area contributed by atoms with Gasteiger partial charge in [-0.05, 0) is 59.0 Å². The highest BCUT2D eigenvalue weighted by atomic mass is 16.5. The van der Waals surface area contributed by atoms with Gasteiger partial charge >= 0.3 is 0 Å². The van der Waals surface area contributed by atoms with Crippen molar-refractivity contribution in [3.8, 4) is 11.1 Å². The van der Waals surface area contributed by atoms with E-state index in [0.29, 0.717) is 12.5 Å². The lowest BCUT2D eigenvalue weighted by Gasteiger charge is -2.33. The lowest BCUT2D eigenvalue weighted by atomic mass is 9.86. The van der Waals surface area contributed by atoms with Crippen molar-refractivity contribution in [2.24, 2.45) is 0 Å². The van der Waals surface area contributed by atoms with Crippen LogP contribution in [0.3, 0.4) is 0 Å². The zero-order chi connectivity index (χ0) is 22.6. The predicted molar refractivity (Wildman–Crippen MR) is 135 cm³/mol. The third-order valence-corrected chi connectivity index (χ3v) is 6.64. The molecule has 1 N–H and O–H groups in total. The van der Waals surface area contributed by atoms with Gasteiger partial charge in [0.25, 0.3) is 0 Å². The van der Waals surface area contributed by atoms with Gasteiger partial charge < -0.3 is 10.1 Å². The molecule has 3 nitrogen and oxygen atoms in total. The number of carbonyl (C=O) groups is 1. The molecule has 5 rings (SSSR count). The Morgan fingerprint density at radius 2 is 1.70 bits per heavy atom. The van der Waals surface area contributed by atoms with Crippen molar-refractivity contribution in [3.63, 3.8) is 0 Å². The van der Waals surface area contributed by atoms with Crippen molar-refractivity contribution in [3.05, 3.63) is 108 Å². The second-order valence-corrected chi connectivity index (χ2v) is 8.89. The summed E-state index contributed by atoms with van der Waals surface area (Å²) in [4.78, 5) is 11.6. The van der Waals surface area contributed by atoms with Gasteiger partial charge in [0.15, 0.2) is 5.78 Å². The molecule has 1 aliphatic heterocycles. The first-order chi connectivity index (χ1) is 16.2. The van der Waals surface area contributed by atoms with Crippen LogP contribution < -0.4 is 5.32 Å². The van der Waals surface area contributed by atoms with Crippen LogP contribution in [-0.4, -0.2) is 25.0 Å². The average Bonchev–Trinajstić information content (AvgIpc) is 2.87. The molecule has 0 bridgehead atoms. The maximum absolute atomic E-state index is 11.6. The van der Waals surface area contributed by atoms with E-state index in [4.69, 9.17) is 4.74 Å². The molecule has 0 spiro atoms. The zero-order valence-corrected chi connectivity index (χ0v) is 19.0. The minimum atomic E-state index is 0.0939. The summed E-state index contributed by atoms with van der Waals surface area (Å²) in [7, 11) is 0. The lowest BCUT2D eigenvalue weighted by molar-refractivity contribution is 0.0107. The Morgan fingerprint density at radius 3 is 2.52 bits per heavy atom. The largest absolute Gasteiger partial charge is 0.372 e. The number of benzene rings is 4. The minimum Gasteiger partial charge on any atom is -0.372 e. The number of hydrogen-bond donors (Lipinski definition) is 1. The Morgan fingerprint density at radius 1 is 0.879 bits per heavy atom. The Hall–Kier alpha value is -3.27. The van der Waals surface area contributed by atoms with Gasteiger partial charge in [-0.1, -0.05) is 84.9 Å². The first-order valence-electron chi connectivity index (χ1n) is 11.7. The molecule has 33 heavy (non-hydrogen) atoms. The number of ketones is 1. The molecule has 0 aliphatic carbocycles. The van der Waals surface area contributed by atoms with Crippen molar-refractivity contribution < 1.29 is 9.53 Å². The molecule has 3 heteroatoms. The summed E-state index contributed by atoms with van der Waals surface area (Å²) in [5.41, 5.74) is 5.57. The first kappa shape index (κ1) is 21.6. The van der Waals surface area contributed by atoms with Crippen LogP contribution in [0.2, 0.25) is 0 Å². The van der Waals surface area contributed by atoms with Gasteiger partial charge in [-0.25, -0.2) is 0 Å². The molecule has 1 saturated heterocycles. The summed E-state index contributed by atoms with van der Waals surface area (Å²) in [6, 6.07) is 31.7. The van der Waals surface area contributed by atoms with Gasteiger partial charge in [-0.3, -0.25) is 4.79 Å². The minimum absolute atomic E-state index is 0.0939. The highest BCUT2D eigenvalue weighted by Gasteiger charge is 2.27. The van der Waals surface area contributed by atoms with Gasteiger partial charge in [-0.15, -0.1) is 0 Å². The number of carbonyl (C=O) groups excluding carboxylic acids is 1. The maximum Gasteiger partial charge on any atom is 0.159 e. The van der Waals surface area contributed by atoms with Crippen molar-refractivity contribution >= 4 is 16.6 Å². The number of nitrogens with one attached hydrogen (secondary N) is 1. The highest BCUT2D eigenvalue weighted by Crippen LogP contribution is 2.31. The normalized spacial score (nSPS) is 18.3. The predicted octanol–water partition coefficient (Wildman–Crippen LogP) is 6.37. The summed E-state index contributed by atoms with van der Waals surface area (Å²) < 4.78 is 6.47. The van der Waals surface area contributed by atoms with Crippen molar-refractivity contribution in [2.45, 2.75) is 32.0 Å². The maximum atomic E-state index is 11.6. The summed E-state index contributed by atoms with van der Waals surface area (Å²) in [6.07, 6.45) is 1.18. The number of hydrogen-bond acceptors (Lipinski definition) is 3. The van der Waals surface area contributed by atoms with Crippen LogP contribution in [0.15, 0.2) is 91.0 Å². The smallest absolute Gasteiger partial charge is 0.159 e. The summed E-state index contributed by atoms with van der Waals surface area (Å²) in [5, 5.41) is 6.01. The van der Waals surface area contributed by atoms with Crippen LogP contribution in [0.5, 0.6) is 0 Å². The van der Waals surface area contributed by atoms with E-state index in [0.717, 1.165) is 30.6 Å². The van der Waals surface area contributed by atoms with E-state index in [2.05, 4.69) is 72.0 Å². The molecule has 4 aromatic rings. The van der Waals surface area contributed by atoms with Crippen molar-refractivity contribution in [1.82, 2.24) is 5.32 Å². The van der Waals surface area contributed by atoms with Crippen LogP contribution in [0.1, 0.15) is 40.7 Å². The van der Waals surface area contributed by atoms with E-state index >= 15 is 0 Å².